The summed E-state index contributed by atoms with van der Waals surface area (Å²) in [5.41, 5.74) is 0.451. The first-order chi connectivity index (χ1) is 14.0. The molecule has 0 aliphatic carbocycles. The Kier molecular flexibility index (Phi) is 5.62. The molecule has 2 unspecified atom stereocenters. The van der Waals surface area contributed by atoms with Crippen LogP contribution in [-0.2, 0) is 11.8 Å². The highest BCUT2D eigenvalue weighted by atomic mass is 19.1. The van der Waals surface area contributed by atoms with Crippen molar-refractivity contribution in [2.24, 2.45) is 13.0 Å². The number of halogens is 1. The lowest BCUT2D eigenvalue weighted by Gasteiger charge is -2.40. The fourth-order valence-corrected chi connectivity index (χ4v) is 4.27. The highest BCUT2D eigenvalue weighted by Gasteiger charge is 2.37. The Labute approximate surface area is 169 Å². The van der Waals surface area contributed by atoms with Crippen molar-refractivity contribution >= 4 is 11.8 Å². The number of nitrogens with zero attached hydrogens (tertiary/aromatic N) is 4. The summed E-state index contributed by atoms with van der Waals surface area (Å²) in [4.78, 5) is 34.3. The van der Waals surface area contributed by atoms with Gasteiger partial charge in [-0.1, -0.05) is 0 Å². The molecule has 0 spiro atoms. The molecule has 2 saturated heterocycles. The molecule has 7 nitrogen and oxygen atoms in total. The molecular formula is C21H26FN5O2. The minimum absolute atomic E-state index is 0.0797. The number of aryl methyl sites for hydroxylation is 1. The van der Waals surface area contributed by atoms with Crippen LogP contribution in [-0.4, -0.2) is 63.9 Å². The Morgan fingerprint density at radius 2 is 2.00 bits per heavy atom. The molecule has 1 aromatic heterocycles. The lowest BCUT2D eigenvalue weighted by molar-refractivity contribution is -0.140. The maximum absolute atomic E-state index is 13.4. The highest BCUT2D eigenvalue weighted by Crippen LogP contribution is 2.27. The van der Waals surface area contributed by atoms with Crippen molar-refractivity contribution < 1.29 is 14.0 Å². The van der Waals surface area contributed by atoms with Crippen LogP contribution in [0.5, 0.6) is 0 Å². The summed E-state index contributed by atoms with van der Waals surface area (Å²) in [5.74, 6) is 0.196. The Morgan fingerprint density at radius 3 is 2.72 bits per heavy atom. The number of hydrogen-bond donors (Lipinski definition) is 1. The number of amides is 2. The average Bonchev–Trinajstić information content (AvgIpc) is 3.19. The summed E-state index contributed by atoms with van der Waals surface area (Å²) in [5, 5.41) is 3.35. The Balaban J connectivity index is 1.48. The number of carbonyl (C=O) groups is 2. The van der Waals surface area contributed by atoms with Crippen molar-refractivity contribution in [2.75, 3.05) is 32.7 Å². The van der Waals surface area contributed by atoms with Crippen molar-refractivity contribution in [1.82, 2.24) is 24.7 Å². The molecule has 0 radical (unpaired) electrons. The van der Waals surface area contributed by atoms with Crippen molar-refractivity contribution in [3.63, 3.8) is 0 Å². The number of aromatic nitrogens is 2. The molecular weight excluding hydrogens is 373 g/mol. The van der Waals surface area contributed by atoms with Gasteiger partial charge in [-0.2, -0.15) is 0 Å². The molecule has 2 aliphatic rings. The maximum atomic E-state index is 13.4. The molecule has 4 rings (SSSR count). The second kappa shape index (κ2) is 8.32. The molecule has 8 heteroatoms. The van der Waals surface area contributed by atoms with E-state index < -0.39 is 0 Å². The summed E-state index contributed by atoms with van der Waals surface area (Å²) in [6, 6.07) is 5.46. The summed E-state index contributed by atoms with van der Waals surface area (Å²) >= 11 is 0. The van der Waals surface area contributed by atoms with E-state index in [1.165, 1.54) is 24.3 Å². The van der Waals surface area contributed by atoms with E-state index in [4.69, 9.17) is 0 Å². The number of imidazole rings is 1. The molecule has 3 heterocycles. The first-order valence-corrected chi connectivity index (χ1v) is 10.1. The van der Waals surface area contributed by atoms with Crippen LogP contribution in [0.25, 0.3) is 0 Å². The molecule has 0 saturated carbocycles. The highest BCUT2D eigenvalue weighted by molar-refractivity contribution is 5.94. The van der Waals surface area contributed by atoms with E-state index >= 15 is 0 Å². The van der Waals surface area contributed by atoms with Gasteiger partial charge in [0.25, 0.3) is 5.91 Å². The first kappa shape index (κ1) is 19.6. The van der Waals surface area contributed by atoms with Gasteiger partial charge in [0.1, 0.15) is 17.7 Å². The average molecular weight is 399 g/mol. The van der Waals surface area contributed by atoms with Crippen LogP contribution in [0.15, 0.2) is 36.7 Å². The van der Waals surface area contributed by atoms with Gasteiger partial charge in [0.15, 0.2) is 0 Å². The summed E-state index contributed by atoms with van der Waals surface area (Å²) in [6.45, 7) is 3.05. The summed E-state index contributed by atoms with van der Waals surface area (Å²) in [7, 11) is 1.93. The normalized spacial score (nSPS) is 22.6. The predicted molar refractivity (Wildman–Crippen MR) is 106 cm³/mol. The topological polar surface area (TPSA) is 70.5 Å². The van der Waals surface area contributed by atoms with E-state index in [0.29, 0.717) is 31.7 Å². The lowest BCUT2D eigenvalue weighted by Crippen LogP contribution is -2.53. The second-order valence-corrected chi connectivity index (χ2v) is 7.75. The van der Waals surface area contributed by atoms with Crippen LogP contribution in [0.1, 0.15) is 35.1 Å². The van der Waals surface area contributed by atoms with E-state index in [1.807, 2.05) is 22.7 Å². The molecule has 2 aliphatic heterocycles. The van der Waals surface area contributed by atoms with Crippen LogP contribution in [0.4, 0.5) is 4.39 Å². The fraction of sp³-hybridized carbons (Fsp3) is 0.476. The van der Waals surface area contributed by atoms with Crippen LogP contribution >= 0.6 is 0 Å². The Morgan fingerprint density at radius 1 is 1.21 bits per heavy atom. The SMILES string of the molecule is Cn1ccnc1C1CNCCN1C(=O)C1CCCN(C(=O)c2ccc(F)cc2)C1. The number of benzene rings is 1. The second-order valence-electron chi connectivity index (χ2n) is 7.75. The van der Waals surface area contributed by atoms with Crippen molar-refractivity contribution in [3.05, 3.63) is 53.9 Å². The molecule has 0 bridgehead atoms. The Hall–Kier alpha value is -2.74. The van der Waals surface area contributed by atoms with E-state index in [9.17, 15) is 14.0 Å². The lowest BCUT2D eigenvalue weighted by atomic mass is 9.94. The minimum Gasteiger partial charge on any atom is -0.338 e. The smallest absolute Gasteiger partial charge is 0.253 e. The van der Waals surface area contributed by atoms with Crippen LogP contribution in [0.3, 0.4) is 0 Å². The molecule has 2 fully saturated rings. The van der Waals surface area contributed by atoms with Gasteiger partial charge in [0, 0.05) is 57.7 Å². The molecule has 1 aromatic carbocycles. The van der Waals surface area contributed by atoms with Crippen LogP contribution in [0, 0.1) is 11.7 Å². The van der Waals surface area contributed by atoms with Gasteiger partial charge in [-0.3, -0.25) is 9.59 Å². The number of likely N-dealkylation sites (tertiary alicyclic amines) is 1. The third-order valence-corrected chi connectivity index (χ3v) is 5.83. The third kappa shape index (κ3) is 4.03. The van der Waals surface area contributed by atoms with Crippen molar-refractivity contribution in [1.29, 1.82) is 0 Å². The zero-order valence-electron chi connectivity index (χ0n) is 16.6. The zero-order valence-corrected chi connectivity index (χ0v) is 16.6. The van der Waals surface area contributed by atoms with Gasteiger partial charge < -0.3 is 19.7 Å². The van der Waals surface area contributed by atoms with Gasteiger partial charge in [-0.15, -0.1) is 0 Å². The Bertz CT molecular complexity index is 881. The van der Waals surface area contributed by atoms with E-state index in [1.54, 1.807) is 11.1 Å². The minimum atomic E-state index is -0.368. The standard InChI is InChI=1S/C21H26FN5O2/c1-25-11-9-24-19(25)18-13-23-8-12-27(18)21(29)16-3-2-10-26(14-16)20(28)15-4-6-17(22)7-5-15/h4-7,9,11,16,18,23H,2-3,8,10,12-14H2,1H3. The van der Waals surface area contributed by atoms with Gasteiger partial charge in [0.2, 0.25) is 5.91 Å². The molecule has 2 aromatic rings. The first-order valence-electron chi connectivity index (χ1n) is 10.1. The zero-order chi connectivity index (χ0) is 20.4. The fourth-order valence-electron chi connectivity index (χ4n) is 4.27. The number of rotatable bonds is 3. The van der Waals surface area contributed by atoms with E-state index in [0.717, 1.165) is 25.2 Å². The molecule has 2 atom stereocenters. The monoisotopic (exact) mass is 399 g/mol. The number of carbonyl (C=O) groups excluding carboxylic acids is 2. The summed E-state index contributed by atoms with van der Waals surface area (Å²) < 4.78 is 15.1. The van der Waals surface area contributed by atoms with Crippen LogP contribution < -0.4 is 5.32 Å². The van der Waals surface area contributed by atoms with Gasteiger partial charge in [-0.05, 0) is 37.1 Å². The van der Waals surface area contributed by atoms with Crippen molar-refractivity contribution in [2.45, 2.75) is 18.9 Å². The van der Waals surface area contributed by atoms with Crippen LogP contribution in [0.2, 0.25) is 0 Å². The van der Waals surface area contributed by atoms with Crippen molar-refractivity contribution in [3.8, 4) is 0 Å². The van der Waals surface area contributed by atoms with Gasteiger partial charge in [0.05, 0.1) is 5.92 Å². The molecule has 1 N–H and O–H groups in total. The number of hydrogen-bond acceptors (Lipinski definition) is 4. The van der Waals surface area contributed by atoms with E-state index in [2.05, 4.69) is 10.3 Å². The maximum Gasteiger partial charge on any atom is 0.253 e. The van der Waals surface area contributed by atoms with E-state index in [-0.39, 0.29) is 29.6 Å². The number of piperazine rings is 1. The summed E-state index contributed by atoms with van der Waals surface area (Å²) in [6.07, 6.45) is 5.18. The molecule has 2 amide bonds. The predicted octanol–water partition coefficient (Wildman–Crippen LogP) is 1.58. The molecule has 29 heavy (non-hydrogen) atoms. The number of nitrogens with one attached hydrogen (secondary N) is 1. The van der Waals surface area contributed by atoms with Gasteiger partial charge in [-0.25, -0.2) is 9.37 Å². The largest absolute Gasteiger partial charge is 0.338 e. The quantitative estimate of drug-likeness (QED) is 0.851. The third-order valence-electron chi connectivity index (χ3n) is 5.83. The number of piperidine rings is 1. The molecule has 154 valence electrons. The van der Waals surface area contributed by atoms with Gasteiger partial charge >= 0.3 is 0 Å².